The molecule has 60 valence electrons. The SMILES string of the molecule is O=c1cc(COO)[nH]c(=O)[nH]1. The van der Waals surface area contributed by atoms with Crippen LogP contribution in [0.3, 0.4) is 0 Å². The van der Waals surface area contributed by atoms with E-state index in [0.717, 1.165) is 6.07 Å². The highest BCUT2D eigenvalue weighted by atomic mass is 17.1. The van der Waals surface area contributed by atoms with Gasteiger partial charge in [0.1, 0.15) is 6.61 Å². The van der Waals surface area contributed by atoms with Crippen molar-refractivity contribution < 1.29 is 10.1 Å². The number of aromatic nitrogens is 2. The summed E-state index contributed by atoms with van der Waals surface area (Å²) in [7, 11) is 0. The molecule has 0 aliphatic rings. The van der Waals surface area contributed by atoms with Gasteiger partial charge in [-0.1, -0.05) is 0 Å². The van der Waals surface area contributed by atoms with E-state index in [2.05, 4.69) is 9.87 Å². The predicted molar refractivity (Wildman–Crippen MR) is 35.1 cm³/mol. The Bertz CT molecular complexity index is 311. The van der Waals surface area contributed by atoms with Crippen LogP contribution in [-0.4, -0.2) is 15.2 Å². The monoisotopic (exact) mass is 158 g/mol. The fraction of sp³-hybridized carbons (Fsp3) is 0.200. The summed E-state index contributed by atoms with van der Waals surface area (Å²) in [6, 6.07) is 1.12. The minimum Gasteiger partial charge on any atom is -0.309 e. The molecule has 1 rings (SSSR count). The minimum atomic E-state index is -0.621. The molecule has 1 heterocycles. The molecule has 0 aromatic carbocycles. The lowest BCUT2D eigenvalue weighted by atomic mass is 10.4. The van der Waals surface area contributed by atoms with Crippen LogP contribution in [0.5, 0.6) is 0 Å². The van der Waals surface area contributed by atoms with E-state index in [0.29, 0.717) is 0 Å². The molecule has 0 saturated heterocycles. The molecular formula is C5H6N2O4. The first-order valence-corrected chi connectivity index (χ1v) is 2.81. The molecule has 1 aromatic rings. The van der Waals surface area contributed by atoms with E-state index < -0.39 is 11.2 Å². The summed E-state index contributed by atoms with van der Waals surface area (Å²) in [5.41, 5.74) is -0.924. The Morgan fingerprint density at radius 1 is 1.45 bits per heavy atom. The van der Waals surface area contributed by atoms with Crippen molar-refractivity contribution in [3.05, 3.63) is 32.6 Å². The molecule has 0 unspecified atom stereocenters. The minimum absolute atomic E-state index is 0.209. The average Bonchev–Trinajstić information content (AvgIpc) is 1.85. The van der Waals surface area contributed by atoms with Crippen molar-refractivity contribution in [2.45, 2.75) is 6.61 Å². The van der Waals surface area contributed by atoms with Gasteiger partial charge in [-0.05, 0) is 0 Å². The van der Waals surface area contributed by atoms with Crippen LogP contribution in [-0.2, 0) is 11.5 Å². The molecule has 0 aliphatic heterocycles. The van der Waals surface area contributed by atoms with Crippen LogP contribution in [0.15, 0.2) is 15.7 Å². The Labute approximate surface area is 60.4 Å². The second-order valence-corrected chi connectivity index (χ2v) is 1.89. The van der Waals surface area contributed by atoms with E-state index in [-0.39, 0.29) is 12.3 Å². The topological polar surface area (TPSA) is 95.2 Å². The second-order valence-electron chi connectivity index (χ2n) is 1.89. The van der Waals surface area contributed by atoms with E-state index >= 15 is 0 Å². The molecule has 1 aromatic heterocycles. The van der Waals surface area contributed by atoms with Gasteiger partial charge in [0.05, 0.1) is 5.69 Å². The Hall–Kier alpha value is -1.40. The number of nitrogens with one attached hydrogen (secondary N) is 2. The Balaban J connectivity index is 3.09. The van der Waals surface area contributed by atoms with Crippen LogP contribution in [0, 0.1) is 0 Å². The van der Waals surface area contributed by atoms with Gasteiger partial charge in [0.2, 0.25) is 0 Å². The molecule has 3 N–H and O–H groups in total. The van der Waals surface area contributed by atoms with Crippen molar-refractivity contribution in [3.63, 3.8) is 0 Å². The first-order chi connectivity index (χ1) is 5.22. The Morgan fingerprint density at radius 3 is 2.73 bits per heavy atom. The van der Waals surface area contributed by atoms with E-state index in [9.17, 15) is 9.59 Å². The Kier molecular flexibility index (Phi) is 2.19. The molecular weight excluding hydrogens is 152 g/mol. The van der Waals surface area contributed by atoms with Gasteiger partial charge in [0.15, 0.2) is 0 Å². The van der Waals surface area contributed by atoms with Gasteiger partial charge in [-0.2, -0.15) is 0 Å². The summed E-state index contributed by atoms with van der Waals surface area (Å²) in [5, 5.41) is 7.97. The zero-order chi connectivity index (χ0) is 8.27. The summed E-state index contributed by atoms with van der Waals surface area (Å²) < 4.78 is 0. The molecule has 0 aliphatic carbocycles. The van der Waals surface area contributed by atoms with Crippen LogP contribution in [0.2, 0.25) is 0 Å². The van der Waals surface area contributed by atoms with Crippen LogP contribution < -0.4 is 11.2 Å². The van der Waals surface area contributed by atoms with Crippen molar-refractivity contribution >= 4 is 0 Å². The molecule has 6 heteroatoms. The standard InChI is InChI=1S/C5H6N2O4/c8-4-1-3(2-11-10)6-5(9)7-4/h1,10H,2H2,(H2,6,7,8,9). The maximum atomic E-state index is 10.6. The fourth-order valence-corrected chi connectivity index (χ4v) is 0.667. The smallest absolute Gasteiger partial charge is 0.309 e. The van der Waals surface area contributed by atoms with Crippen LogP contribution >= 0.6 is 0 Å². The zero-order valence-corrected chi connectivity index (χ0v) is 5.46. The maximum absolute atomic E-state index is 10.6. The largest absolute Gasteiger partial charge is 0.325 e. The highest BCUT2D eigenvalue weighted by molar-refractivity contribution is 4.96. The summed E-state index contributed by atoms with van der Waals surface area (Å²) in [4.78, 5) is 29.0. The first kappa shape index (κ1) is 7.70. The van der Waals surface area contributed by atoms with Gasteiger partial charge < -0.3 is 4.98 Å². The number of hydrogen-bond donors (Lipinski definition) is 3. The van der Waals surface area contributed by atoms with E-state index in [4.69, 9.17) is 5.26 Å². The molecule has 0 atom stereocenters. The third-order valence-corrected chi connectivity index (χ3v) is 1.04. The predicted octanol–water partition coefficient (Wildman–Crippen LogP) is -0.947. The van der Waals surface area contributed by atoms with Gasteiger partial charge in [-0.15, -0.1) is 0 Å². The highest BCUT2D eigenvalue weighted by Gasteiger charge is 1.94. The van der Waals surface area contributed by atoms with Gasteiger partial charge in [-0.3, -0.25) is 15.0 Å². The average molecular weight is 158 g/mol. The van der Waals surface area contributed by atoms with Crippen molar-refractivity contribution in [1.29, 1.82) is 0 Å². The van der Waals surface area contributed by atoms with Crippen LogP contribution in [0.25, 0.3) is 0 Å². The van der Waals surface area contributed by atoms with Gasteiger partial charge in [0.25, 0.3) is 5.56 Å². The number of H-pyrrole nitrogens is 2. The van der Waals surface area contributed by atoms with Gasteiger partial charge in [-0.25, -0.2) is 9.68 Å². The summed E-state index contributed by atoms with van der Waals surface area (Å²) in [5.74, 6) is 0. The van der Waals surface area contributed by atoms with E-state index in [1.807, 2.05) is 4.98 Å². The van der Waals surface area contributed by atoms with Gasteiger partial charge >= 0.3 is 5.69 Å². The van der Waals surface area contributed by atoms with E-state index in [1.165, 1.54) is 0 Å². The molecule has 0 spiro atoms. The maximum Gasteiger partial charge on any atom is 0.325 e. The summed E-state index contributed by atoms with van der Waals surface area (Å²) >= 11 is 0. The molecule has 0 saturated carbocycles. The van der Waals surface area contributed by atoms with Crippen LogP contribution in [0.1, 0.15) is 5.69 Å². The van der Waals surface area contributed by atoms with Crippen molar-refractivity contribution in [2.75, 3.05) is 0 Å². The zero-order valence-electron chi connectivity index (χ0n) is 5.46. The fourth-order valence-electron chi connectivity index (χ4n) is 0.667. The summed E-state index contributed by atoms with van der Waals surface area (Å²) in [6.45, 7) is -0.209. The Morgan fingerprint density at radius 2 is 2.18 bits per heavy atom. The van der Waals surface area contributed by atoms with Crippen molar-refractivity contribution in [3.8, 4) is 0 Å². The molecule has 6 nitrogen and oxygen atoms in total. The van der Waals surface area contributed by atoms with Gasteiger partial charge in [0, 0.05) is 6.07 Å². The molecule has 0 bridgehead atoms. The third kappa shape index (κ3) is 2.03. The number of aromatic amines is 2. The summed E-state index contributed by atoms with van der Waals surface area (Å²) in [6.07, 6.45) is 0. The lowest BCUT2D eigenvalue weighted by Crippen LogP contribution is -2.23. The van der Waals surface area contributed by atoms with Crippen LogP contribution in [0.4, 0.5) is 0 Å². The second kappa shape index (κ2) is 3.13. The molecule has 0 fully saturated rings. The quantitative estimate of drug-likeness (QED) is 0.382. The van der Waals surface area contributed by atoms with Crippen molar-refractivity contribution in [1.82, 2.24) is 9.97 Å². The number of rotatable bonds is 2. The lowest BCUT2D eigenvalue weighted by Gasteiger charge is -1.93. The highest BCUT2D eigenvalue weighted by Crippen LogP contribution is 1.85. The molecule has 11 heavy (non-hydrogen) atoms. The molecule has 0 amide bonds. The van der Waals surface area contributed by atoms with E-state index in [1.54, 1.807) is 0 Å². The first-order valence-electron chi connectivity index (χ1n) is 2.81. The van der Waals surface area contributed by atoms with Crippen molar-refractivity contribution in [2.24, 2.45) is 0 Å². The third-order valence-electron chi connectivity index (χ3n) is 1.04. The normalized spacial score (nSPS) is 9.91. The lowest BCUT2D eigenvalue weighted by molar-refractivity contribution is -0.253. The molecule has 0 radical (unpaired) electrons. The number of hydrogen-bond acceptors (Lipinski definition) is 4.